The molecule has 82 valence electrons. The molecule has 3 heteroatoms. The Labute approximate surface area is 95.1 Å². The van der Waals surface area contributed by atoms with E-state index in [2.05, 4.69) is 0 Å². The maximum absolute atomic E-state index is 9.91. The van der Waals surface area contributed by atoms with Gasteiger partial charge >= 0.3 is 0 Å². The van der Waals surface area contributed by atoms with Gasteiger partial charge in [0.05, 0.1) is 7.11 Å². The number of aliphatic hydroxyl groups is 1. The van der Waals surface area contributed by atoms with E-state index in [0.29, 0.717) is 16.3 Å². The van der Waals surface area contributed by atoms with Crippen molar-refractivity contribution in [2.45, 2.75) is 20.0 Å². The van der Waals surface area contributed by atoms with Gasteiger partial charge in [0, 0.05) is 10.6 Å². The molecule has 0 aliphatic rings. The van der Waals surface area contributed by atoms with Crippen LogP contribution in [0.25, 0.3) is 0 Å². The Morgan fingerprint density at radius 2 is 2.13 bits per heavy atom. The topological polar surface area (TPSA) is 29.5 Å². The molecule has 2 nitrogen and oxygen atoms in total. The van der Waals surface area contributed by atoms with Crippen LogP contribution in [-0.4, -0.2) is 12.2 Å². The minimum absolute atomic E-state index is 0.590. The number of benzene rings is 1. The molecule has 1 unspecified atom stereocenters. The third-order valence-corrected chi connectivity index (χ3v) is 2.24. The minimum Gasteiger partial charge on any atom is -0.496 e. The van der Waals surface area contributed by atoms with Gasteiger partial charge in [-0.2, -0.15) is 0 Å². The summed E-state index contributed by atoms with van der Waals surface area (Å²) in [4.78, 5) is 0. The highest BCUT2D eigenvalue weighted by atomic mass is 35.5. The summed E-state index contributed by atoms with van der Waals surface area (Å²) in [7, 11) is 1.57. The first kappa shape index (κ1) is 12.1. The van der Waals surface area contributed by atoms with Crippen LogP contribution in [0.3, 0.4) is 0 Å². The second-order valence-electron chi connectivity index (χ2n) is 3.58. The molecular formula is C12H15ClO2. The summed E-state index contributed by atoms with van der Waals surface area (Å²) in [6.07, 6.45) is 1.08. The Bertz CT molecular complexity index is 368. The van der Waals surface area contributed by atoms with Crippen molar-refractivity contribution in [3.8, 4) is 5.75 Å². The molecule has 0 spiro atoms. The maximum Gasteiger partial charge on any atom is 0.125 e. The van der Waals surface area contributed by atoms with Gasteiger partial charge < -0.3 is 9.84 Å². The van der Waals surface area contributed by atoms with E-state index in [1.54, 1.807) is 31.4 Å². The van der Waals surface area contributed by atoms with Gasteiger partial charge in [0.15, 0.2) is 0 Å². The predicted molar refractivity (Wildman–Crippen MR) is 62.4 cm³/mol. The summed E-state index contributed by atoms with van der Waals surface area (Å²) in [6.45, 7) is 3.86. The number of ether oxygens (including phenoxy) is 1. The summed E-state index contributed by atoms with van der Waals surface area (Å²) in [5.74, 6) is 0.643. The molecule has 0 heterocycles. The Hall–Kier alpha value is -0.990. The fraction of sp³-hybridized carbons (Fsp3) is 0.333. The first-order chi connectivity index (χ1) is 7.04. The highest BCUT2D eigenvalue weighted by Gasteiger charge is 2.11. The average Bonchev–Trinajstić information content (AvgIpc) is 2.16. The zero-order valence-electron chi connectivity index (χ0n) is 9.12. The van der Waals surface area contributed by atoms with Crippen molar-refractivity contribution >= 4 is 11.6 Å². The van der Waals surface area contributed by atoms with Gasteiger partial charge in [-0.15, -0.1) is 0 Å². The molecule has 0 aliphatic heterocycles. The minimum atomic E-state index is -0.677. The summed E-state index contributed by atoms with van der Waals surface area (Å²) < 4.78 is 5.16. The first-order valence-electron chi connectivity index (χ1n) is 4.71. The highest BCUT2D eigenvalue weighted by Crippen LogP contribution is 2.29. The SMILES string of the molecule is COc1ccc(Cl)cc1C(O)C=C(C)C. The number of hydrogen-bond acceptors (Lipinski definition) is 2. The summed E-state index contributed by atoms with van der Waals surface area (Å²) in [6, 6.07) is 5.20. The van der Waals surface area contributed by atoms with E-state index in [1.807, 2.05) is 13.8 Å². The van der Waals surface area contributed by atoms with E-state index in [0.717, 1.165) is 5.57 Å². The van der Waals surface area contributed by atoms with Crippen molar-refractivity contribution in [1.82, 2.24) is 0 Å². The van der Waals surface area contributed by atoms with Crippen LogP contribution in [0, 0.1) is 0 Å². The number of rotatable bonds is 3. The largest absolute Gasteiger partial charge is 0.496 e. The van der Waals surface area contributed by atoms with Crippen molar-refractivity contribution in [3.63, 3.8) is 0 Å². The van der Waals surface area contributed by atoms with Gasteiger partial charge in [-0.1, -0.05) is 23.3 Å². The predicted octanol–water partition coefficient (Wildman–Crippen LogP) is 3.35. The number of aliphatic hydroxyl groups excluding tert-OH is 1. The maximum atomic E-state index is 9.91. The molecule has 0 radical (unpaired) electrons. The average molecular weight is 227 g/mol. The molecule has 0 saturated carbocycles. The fourth-order valence-corrected chi connectivity index (χ4v) is 1.52. The number of allylic oxidation sites excluding steroid dienone is 1. The first-order valence-corrected chi connectivity index (χ1v) is 5.09. The lowest BCUT2D eigenvalue weighted by Gasteiger charge is -2.12. The van der Waals surface area contributed by atoms with Gasteiger partial charge in [-0.25, -0.2) is 0 Å². The van der Waals surface area contributed by atoms with Crippen molar-refractivity contribution in [1.29, 1.82) is 0 Å². The summed E-state index contributed by atoms with van der Waals surface area (Å²) >= 11 is 5.87. The van der Waals surface area contributed by atoms with Crippen LogP contribution in [0.15, 0.2) is 29.8 Å². The summed E-state index contributed by atoms with van der Waals surface area (Å²) in [5.41, 5.74) is 1.73. The normalized spacial score (nSPS) is 12.1. The Morgan fingerprint density at radius 1 is 1.47 bits per heavy atom. The molecule has 1 N–H and O–H groups in total. The van der Waals surface area contributed by atoms with Gasteiger partial charge in [0.25, 0.3) is 0 Å². The lowest BCUT2D eigenvalue weighted by Crippen LogP contribution is -1.98. The lowest BCUT2D eigenvalue weighted by molar-refractivity contribution is 0.222. The monoisotopic (exact) mass is 226 g/mol. The number of hydrogen-bond donors (Lipinski definition) is 1. The van der Waals surface area contributed by atoms with Crippen LogP contribution >= 0.6 is 11.6 Å². The molecule has 0 aliphatic carbocycles. The molecule has 0 aromatic heterocycles. The van der Waals surface area contributed by atoms with Crippen LogP contribution in [-0.2, 0) is 0 Å². The van der Waals surface area contributed by atoms with Crippen LogP contribution in [0.2, 0.25) is 5.02 Å². The molecule has 15 heavy (non-hydrogen) atoms. The molecule has 0 fully saturated rings. The summed E-state index contributed by atoms with van der Waals surface area (Å²) in [5, 5.41) is 10.5. The molecule has 0 amide bonds. The van der Waals surface area contributed by atoms with Gasteiger partial charge in [0.2, 0.25) is 0 Å². The van der Waals surface area contributed by atoms with Crippen molar-refractivity contribution in [3.05, 3.63) is 40.4 Å². The van der Waals surface area contributed by atoms with Crippen LogP contribution in [0.4, 0.5) is 0 Å². The number of halogens is 1. The van der Waals surface area contributed by atoms with Crippen LogP contribution < -0.4 is 4.74 Å². The fourth-order valence-electron chi connectivity index (χ4n) is 1.34. The van der Waals surface area contributed by atoms with Crippen LogP contribution in [0.1, 0.15) is 25.5 Å². The Balaban J connectivity index is 3.11. The zero-order valence-corrected chi connectivity index (χ0v) is 9.88. The Kier molecular flexibility index (Phi) is 4.18. The van der Waals surface area contributed by atoms with E-state index >= 15 is 0 Å². The molecular weight excluding hydrogens is 212 g/mol. The van der Waals surface area contributed by atoms with E-state index in [-0.39, 0.29) is 0 Å². The molecule has 1 atom stereocenters. The molecule has 1 aromatic rings. The Morgan fingerprint density at radius 3 is 2.67 bits per heavy atom. The third-order valence-electron chi connectivity index (χ3n) is 2.00. The number of methoxy groups -OCH3 is 1. The van der Waals surface area contributed by atoms with E-state index in [4.69, 9.17) is 16.3 Å². The quantitative estimate of drug-likeness (QED) is 0.801. The van der Waals surface area contributed by atoms with Gasteiger partial charge in [-0.3, -0.25) is 0 Å². The second-order valence-corrected chi connectivity index (χ2v) is 4.01. The van der Waals surface area contributed by atoms with E-state index in [9.17, 15) is 5.11 Å². The second kappa shape index (κ2) is 5.19. The third kappa shape index (κ3) is 3.26. The smallest absolute Gasteiger partial charge is 0.125 e. The van der Waals surface area contributed by atoms with Crippen LogP contribution in [0.5, 0.6) is 5.75 Å². The standard InChI is InChI=1S/C12H15ClO2/c1-8(2)6-11(14)10-7-9(13)4-5-12(10)15-3/h4-7,11,14H,1-3H3. The van der Waals surface area contributed by atoms with Gasteiger partial charge in [0.1, 0.15) is 11.9 Å². The lowest BCUT2D eigenvalue weighted by atomic mass is 10.1. The molecule has 0 saturated heterocycles. The zero-order chi connectivity index (χ0) is 11.4. The van der Waals surface area contributed by atoms with Crippen molar-refractivity contribution in [2.75, 3.05) is 7.11 Å². The highest BCUT2D eigenvalue weighted by molar-refractivity contribution is 6.30. The van der Waals surface area contributed by atoms with Gasteiger partial charge in [-0.05, 0) is 32.0 Å². The van der Waals surface area contributed by atoms with E-state index in [1.165, 1.54) is 0 Å². The van der Waals surface area contributed by atoms with E-state index < -0.39 is 6.10 Å². The molecule has 0 bridgehead atoms. The molecule has 1 aromatic carbocycles. The molecule has 1 rings (SSSR count). The van der Waals surface area contributed by atoms with Crippen molar-refractivity contribution < 1.29 is 9.84 Å². The van der Waals surface area contributed by atoms with Crippen molar-refractivity contribution in [2.24, 2.45) is 0 Å².